The lowest BCUT2D eigenvalue weighted by Crippen LogP contribution is -2.52. The third-order valence-corrected chi connectivity index (χ3v) is 5.68. The number of carbonyl (C=O) groups excluding carboxylic acids is 1. The first kappa shape index (κ1) is 13.8. The Morgan fingerprint density at radius 1 is 1.33 bits per heavy atom. The first-order valence-corrected chi connectivity index (χ1v) is 8.53. The van der Waals surface area contributed by atoms with Crippen molar-refractivity contribution in [2.45, 2.75) is 44.7 Å². The highest BCUT2D eigenvalue weighted by molar-refractivity contribution is 7.91. The van der Waals surface area contributed by atoms with Crippen LogP contribution in [-0.4, -0.2) is 55.9 Å². The number of hydrogen-bond acceptors (Lipinski definition) is 4. The summed E-state index contributed by atoms with van der Waals surface area (Å²) in [5, 5.41) is 3.28. The van der Waals surface area contributed by atoms with Crippen molar-refractivity contribution in [1.82, 2.24) is 10.2 Å². The van der Waals surface area contributed by atoms with Gasteiger partial charge < -0.3 is 10.2 Å². The number of nitrogens with zero attached hydrogens (tertiary/aromatic N) is 1. The van der Waals surface area contributed by atoms with Gasteiger partial charge in [-0.15, -0.1) is 0 Å². The fourth-order valence-electron chi connectivity index (χ4n) is 2.83. The van der Waals surface area contributed by atoms with E-state index in [0.717, 1.165) is 12.8 Å². The van der Waals surface area contributed by atoms with Crippen LogP contribution in [0.3, 0.4) is 0 Å². The van der Waals surface area contributed by atoms with Gasteiger partial charge >= 0.3 is 0 Å². The Kier molecular flexibility index (Phi) is 4.27. The number of sulfone groups is 1. The van der Waals surface area contributed by atoms with Crippen LogP contribution >= 0.6 is 0 Å². The third-order valence-electron chi connectivity index (χ3n) is 3.89. The molecule has 1 aliphatic carbocycles. The third kappa shape index (κ3) is 3.45. The predicted octanol–water partition coefficient (Wildman–Crippen LogP) is 0.164. The molecule has 0 bridgehead atoms. The van der Waals surface area contributed by atoms with E-state index in [-0.39, 0.29) is 23.5 Å². The molecule has 104 valence electrons. The number of hydrogen-bond donors (Lipinski definition) is 1. The minimum Gasteiger partial charge on any atom is -0.337 e. The number of amides is 1. The fraction of sp³-hybridized carbons (Fsp3) is 0.917. The molecule has 0 radical (unpaired) electrons. The maximum absolute atomic E-state index is 12.0. The second-order valence-electron chi connectivity index (χ2n) is 5.41. The van der Waals surface area contributed by atoms with Gasteiger partial charge in [0.05, 0.1) is 18.1 Å². The van der Waals surface area contributed by atoms with Crippen LogP contribution in [0.15, 0.2) is 0 Å². The van der Waals surface area contributed by atoms with Crippen molar-refractivity contribution in [2.75, 3.05) is 24.6 Å². The van der Waals surface area contributed by atoms with Crippen LogP contribution in [0.1, 0.15) is 32.6 Å². The van der Waals surface area contributed by atoms with Gasteiger partial charge in [0.25, 0.3) is 0 Å². The Balaban J connectivity index is 1.81. The van der Waals surface area contributed by atoms with Crippen LogP contribution in [0.2, 0.25) is 0 Å². The van der Waals surface area contributed by atoms with Crippen LogP contribution in [0.4, 0.5) is 0 Å². The van der Waals surface area contributed by atoms with E-state index in [1.54, 1.807) is 4.90 Å². The molecule has 0 aromatic heterocycles. The first-order valence-electron chi connectivity index (χ1n) is 6.71. The quantitative estimate of drug-likeness (QED) is 0.796. The maximum Gasteiger partial charge on any atom is 0.236 e. The maximum atomic E-state index is 12.0. The Morgan fingerprint density at radius 3 is 2.61 bits per heavy atom. The lowest BCUT2D eigenvalue weighted by atomic mass is 10.2. The molecule has 1 N–H and O–H groups in total. The van der Waals surface area contributed by atoms with Crippen molar-refractivity contribution in [3.8, 4) is 0 Å². The summed E-state index contributed by atoms with van der Waals surface area (Å²) in [4.78, 5) is 13.7. The largest absolute Gasteiger partial charge is 0.337 e. The van der Waals surface area contributed by atoms with Gasteiger partial charge in [-0.2, -0.15) is 0 Å². The molecule has 5 nitrogen and oxygen atoms in total. The monoisotopic (exact) mass is 274 g/mol. The van der Waals surface area contributed by atoms with Gasteiger partial charge in [0.2, 0.25) is 5.91 Å². The molecule has 2 aliphatic rings. The van der Waals surface area contributed by atoms with E-state index in [4.69, 9.17) is 0 Å². The van der Waals surface area contributed by atoms with Crippen molar-refractivity contribution >= 4 is 15.7 Å². The highest BCUT2D eigenvalue weighted by atomic mass is 32.2. The van der Waals surface area contributed by atoms with Crippen molar-refractivity contribution in [2.24, 2.45) is 0 Å². The van der Waals surface area contributed by atoms with Crippen LogP contribution in [0.25, 0.3) is 0 Å². The summed E-state index contributed by atoms with van der Waals surface area (Å²) in [5.41, 5.74) is 0. The van der Waals surface area contributed by atoms with Crippen LogP contribution in [0.5, 0.6) is 0 Å². The first-order chi connectivity index (χ1) is 8.48. The molecule has 2 rings (SSSR count). The van der Waals surface area contributed by atoms with E-state index >= 15 is 0 Å². The summed E-state index contributed by atoms with van der Waals surface area (Å²) < 4.78 is 22.9. The van der Waals surface area contributed by atoms with Crippen molar-refractivity contribution < 1.29 is 13.2 Å². The van der Waals surface area contributed by atoms with E-state index in [2.05, 4.69) is 5.32 Å². The minimum absolute atomic E-state index is 0.0318. The van der Waals surface area contributed by atoms with E-state index in [1.807, 2.05) is 6.92 Å². The molecule has 1 amide bonds. The zero-order chi connectivity index (χ0) is 13.2. The Morgan fingerprint density at radius 2 is 2.00 bits per heavy atom. The van der Waals surface area contributed by atoms with Crippen LogP contribution < -0.4 is 5.32 Å². The molecule has 0 aromatic rings. The minimum atomic E-state index is -2.94. The van der Waals surface area contributed by atoms with Gasteiger partial charge in [0, 0.05) is 18.6 Å². The van der Waals surface area contributed by atoms with Gasteiger partial charge in [-0.1, -0.05) is 12.8 Å². The number of rotatable bonds is 3. The molecule has 1 unspecified atom stereocenters. The van der Waals surface area contributed by atoms with Crippen molar-refractivity contribution in [3.63, 3.8) is 0 Å². The van der Waals surface area contributed by atoms with E-state index in [0.29, 0.717) is 19.1 Å². The Bertz CT molecular complexity index is 402. The average Bonchev–Trinajstić information content (AvgIpc) is 2.77. The molecule has 0 aromatic carbocycles. The summed E-state index contributed by atoms with van der Waals surface area (Å²) in [6.07, 6.45) is 4.78. The normalized spacial score (nSPS) is 28.5. The Labute approximate surface area is 109 Å². The lowest BCUT2D eigenvalue weighted by molar-refractivity contribution is -0.131. The molecular weight excluding hydrogens is 252 g/mol. The summed E-state index contributed by atoms with van der Waals surface area (Å²) in [7, 11) is -2.94. The predicted molar refractivity (Wildman–Crippen MR) is 70.1 cm³/mol. The SMILES string of the molecule is CC1CS(=O)(=O)CCN1C(=O)CNC1CCCC1. The molecular formula is C12H22N2O3S. The van der Waals surface area contributed by atoms with Crippen LogP contribution in [0, 0.1) is 0 Å². The summed E-state index contributed by atoms with van der Waals surface area (Å²) in [5.74, 6) is 0.235. The van der Waals surface area contributed by atoms with E-state index in [9.17, 15) is 13.2 Å². The molecule has 0 spiro atoms. The average molecular weight is 274 g/mol. The van der Waals surface area contributed by atoms with Gasteiger partial charge in [0.15, 0.2) is 9.84 Å². The second-order valence-corrected chi connectivity index (χ2v) is 7.64. The van der Waals surface area contributed by atoms with Gasteiger partial charge in [-0.05, 0) is 19.8 Å². The zero-order valence-electron chi connectivity index (χ0n) is 10.9. The zero-order valence-corrected chi connectivity index (χ0v) is 11.7. The van der Waals surface area contributed by atoms with Crippen LogP contribution in [-0.2, 0) is 14.6 Å². The van der Waals surface area contributed by atoms with Crippen molar-refractivity contribution in [1.29, 1.82) is 0 Å². The molecule has 1 heterocycles. The molecule has 1 aliphatic heterocycles. The van der Waals surface area contributed by atoms with E-state index < -0.39 is 9.84 Å². The second kappa shape index (κ2) is 5.57. The highest BCUT2D eigenvalue weighted by Crippen LogP contribution is 2.17. The molecule has 2 fully saturated rings. The summed E-state index contributed by atoms with van der Waals surface area (Å²) >= 11 is 0. The molecule has 18 heavy (non-hydrogen) atoms. The van der Waals surface area contributed by atoms with Gasteiger partial charge in [-0.25, -0.2) is 8.42 Å². The lowest BCUT2D eigenvalue weighted by Gasteiger charge is -2.33. The van der Waals surface area contributed by atoms with Crippen molar-refractivity contribution in [3.05, 3.63) is 0 Å². The molecule has 1 saturated heterocycles. The topological polar surface area (TPSA) is 66.5 Å². The fourth-order valence-corrected chi connectivity index (χ4v) is 4.39. The van der Waals surface area contributed by atoms with Gasteiger partial charge in [0.1, 0.15) is 0 Å². The standard InChI is InChI=1S/C12H22N2O3S/c1-10-9-18(16,17)7-6-14(10)12(15)8-13-11-4-2-3-5-11/h10-11,13H,2-9H2,1H3. The smallest absolute Gasteiger partial charge is 0.236 e. The summed E-state index contributed by atoms with van der Waals surface area (Å²) in [6.45, 7) is 2.49. The molecule has 6 heteroatoms. The molecule has 1 atom stereocenters. The number of nitrogens with one attached hydrogen (secondary N) is 1. The highest BCUT2D eigenvalue weighted by Gasteiger charge is 2.31. The van der Waals surface area contributed by atoms with Gasteiger partial charge in [-0.3, -0.25) is 4.79 Å². The number of carbonyl (C=O) groups is 1. The van der Waals surface area contributed by atoms with E-state index in [1.165, 1.54) is 12.8 Å². The summed E-state index contributed by atoms with van der Waals surface area (Å²) in [6, 6.07) is 0.277. The molecule has 1 saturated carbocycles. The Hall–Kier alpha value is -0.620.